The van der Waals surface area contributed by atoms with E-state index in [1.807, 2.05) is 6.21 Å². The molecule has 2 aromatic carbocycles. The van der Waals surface area contributed by atoms with Gasteiger partial charge in [0.2, 0.25) is 0 Å². The first kappa shape index (κ1) is 25.8. The number of nitrogens with zero attached hydrogens (tertiary/aromatic N) is 1. The zero-order valence-corrected chi connectivity index (χ0v) is 22.7. The summed E-state index contributed by atoms with van der Waals surface area (Å²) < 4.78 is 0. The summed E-state index contributed by atoms with van der Waals surface area (Å²) in [6.07, 6.45) is 26.0. The van der Waals surface area contributed by atoms with Gasteiger partial charge in [-0.3, -0.25) is 4.99 Å². The van der Waals surface area contributed by atoms with Crippen LogP contribution in [0.3, 0.4) is 0 Å². The van der Waals surface area contributed by atoms with Gasteiger partial charge in [-0.25, -0.2) is 0 Å². The van der Waals surface area contributed by atoms with Crippen molar-refractivity contribution in [2.75, 3.05) is 0 Å². The Morgan fingerprint density at radius 3 is 2.06 bits per heavy atom. The zero-order valence-electron chi connectivity index (χ0n) is 20.9. The molecule has 0 bridgehead atoms. The van der Waals surface area contributed by atoms with Crippen LogP contribution in [0.15, 0.2) is 119 Å². The van der Waals surface area contributed by atoms with E-state index in [1.54, 1.807) is 11.5 Å². The van der Waals surface area contributed by atoms with E-state index in [4.69, 9.17) is 0 Å². The number of aliphatic imine (C=N–C) groups is 1. The number of benzene rings is 2. The second-order valence-electron chi connectivity index (χ2n) is 9.18. The van der Waals surface area contributed by atoms with Crippen LogP contribution >= 0.6 is 15.8 Å². The van der Waals surface area contributed by atoms with Crippen molar-refractivity contribution in [3.63, 3.8) is 0 Å². The van der Waals surface area contributed by atoms with E-state index >= 15 is 0 Å². The maximum Gasteiger partial charge on any atom is 0.0191 e. The lowest BCUT2D eigenvalue weighted by atomic mass is 10.2. The van der Waals surface area contributed by atoms with Gasteiger partial charge in [-0.2, -0.15) is 0 Å². The smallest absolute Gasteiger partial charge is 0.0191 e. The lowest BCUT2D eigenvalue weighted by Gasteiger charge is -2.27. The molecule has 0 aliphatic heterocycles. The second-order valence-corrected chi connectivity index (χ2v) is 14.0. The molecule has 2 aliphatic rings. The largest absolute Gasteiger partial charge is 0.270 e. The molecule has 0 aromatic heterocycles. The van der Waals surface area contributed by atoms with Gasteiger partial charge in [0.1, 0.15) is 0 Å². The Morgan fingerprint density at radius 2 is 1.46 bits per heavy atom. The van der Waals surface area contributed by atoms with E-state index in [2.05, 4.69) is 110 Å². The van der Waals surface area contributed by atoms with E-state index < -0.39 is 0 Å². The molecule has 2 aromatic rings. The van der Waals surface area contributed by atoms with Gasteiger partial charge in [-0.15, -0.1) is 0 Å². The van der Waals surface area contributed by atoms with Gasteiger partial charge in [-0.1, -0.05) is 112 Å². The molecule has 3 heteroatoms. The van der Waals surface area contributed by atoms with Crippen molar-refractivity contribution in [3.8, 4) is 0 Å². The van der Waals surface area contributed by atoms with Crippen LogP contribution in [0.1, 0.15) is 50.2 Å². The Morgan fingerprint density at radius 1 is 0.829 bits per heavy atom. The Balaban J connectivity index is 1.50. The molecule has 35 heavy (non-hydrogen) atoms. The molecule has 4 rings (SSSR count). The van der Waals surface area contributed by atoms with Gasteiger partial charge in [-0.05, 0) is 78.9 Å². The van der Waals surface area contributed by atoms with Crippen LogP contribution in [0.4, 0.5) is 0 Å². The third-order valence-electron chi connectivity index (χ3n) is 6.57. The molecule has 0 spiro atoms. The van der Waals surface area contributed by atoms with Crippen molar-refractivity contribution in [2.24, 2.45) is 4.99 Å². The van der Waals surface area contributed by atoms with Gasteiger partial charge in [0.15, 0.2) is 0 Å². The highest BCUT2D eigenvalue weighted by Crippen LogP contribution is 2.55. The van der Waals surface area contributed by atoms with Crippen molar-refractivity contribution in [2.45, 2.75) is 57.0 Å². The van der Waals surface area contributed by atoms with E-state index in [0.29, 0.717) is 5.66 Å². The van der Waals surface area contributed by atoms with E-state index in [9.17, 15) is 0 Å². The molecule has 0 saturated carbocycles. The molecule has 3 unspecified atom stereocenters. The lowest BCUT2D eigenvalue weighted by molar-refractivity contribution is 0.995. The minimum atomic E-state index is -0.368. The highest BCUT2D eigenvalue weighted by molar-refractivity contribution is 7.69. The molecule has 0 heterocycles. The van der Waals surface area contributed by atoms with Crippen molar-refractivity contribution in [3.05, 3.63) is 126 Å². The molecule has 0 N–H and O–H groups in total. The summed E-state index contributed by atoms with van der Waals surface area (Å²) in [7, 11) is -0.640. The normalized spacial score (nSPS) is 18.1. The molecule has 0 saturated heterocycles. The summed E-state index contributed by atoms with van der Waals surface area (Å²) in [6, 6.07) is 20.6. The first-order valence-electron chi connectivity index (χ1n) is 12.8. The van der Waals surface area contributed by atoms with Crippen molar-refractivity contribution in [1.29, 1.82) is 0 Å². The summed E-state index contributed by atoms with van der Waals surface area (Å²) >= 11 is 0. The van der Waals surface area contributed by atoms with Gasteiger partial charge in [0, 0.05) is 18.6 Å². The van der Waals surface area contributed by atoms with Crippen LogP contribution < -0.4 is 5.30 Å². The Kier molecular flexibility index (Phi) is 10.1. The van der Waals surface area contributed by atoms with Gasteiger partial charge in [0.05, 0.1) is 0 Å². The third-order valence-corrected chi connectivity index (χ3v) is 12.1. The van der Waals surface area contributed by atoms with Gasteiger partial charge in [0.25, 0.3) is 0 Å². The zero-order chi connectivity index (χ0) is 24.3. The fraction of sp³-hybridized carbons (Fsp3) is 0.281. The predicted molar refractivity (Wildman–Crippen MR) is 159 cm³/mol. The van der Waals surface area contributed by atoms with Crippen molar-refractivity contribution in [1.82, 2.24) is 0 Å². The third kappa shape index (κ3) is 7.57. The molecule has 0 amide bonds. The highest BCUT2D eigenvalue weighted by atomic mass is 31.1. The van der Waals surface area contributed by atoms with E-state index in [-0.39, 0.29) is 15.8 Å². The Bertz CT molecular complexity index is 1110. The maximum atomic E-state index is 4.25. The molecular formula is C32H37NP2. The first-order chi connectivity index (χ1) is 17.2. The summed E-state index contributed by atoms with van der Waals surface area (Å²) in [4.78, 5) is 4.25. The first-order valence-corrected chi connectivity index (χ1v) is 15.9. The van der Waals surface area contributed by atoms with Crippen LogP contribution in [-0.2, 0) is 12.3 Å². The van der Waals surface area contributed by atoms with Gasteiger partial charge >= 0.3 is 0 Å². The van der Waals surface area contributed by atoms with Gasteiger partial charge < -0.3 is 0 Å². The topological polar surface area (TPSA) is 12.4 Å². The standard InChI is InChI=1S/C32H37NP2/c1-3-33-24-23-27(2)34(30-13-7-4-8-14-30)25-28-19-21-29(22-20-28)26-35(31-15-9-5-10-16-31)32-17-11-6-12-18-32/h3,5,7,9-11,13-22,24,27H,1,4,6,8,12,23,25-26H2,2H3/b33-24-. The average molecular weight is 498 g/mol. The summed E-state index contributed by atoms with van der Waals surface area (Å²) in [5.41, 5.74) is 3.49. The molecular weight excluding hydrogens is 460 g/mol. The van der Waals surface area contributed by atoms with Crippen molar-refractivity contribution < 1.29 is 0 Å². The minimum Gasteiger partial charge on any atom is -0.270 e. The summed E-state index contributed by atoms with van der Waals surface area (Å²) in [6.45, 7) is 6.10. The summed E-state index contributed by atoms with van der Waals surface area (Å²) in [5.74, 6) is 0. The fourth-order valence-corrected chi connectivity index (χ4v) is 9.62. The fourth-order valence-electron chi connectivity index (χ4n) is 4.60. The average Bonchev–Trinajstić information content (AvgIpc) is 2.92. The van der Waals surface area contributed by atoms with E-state index in [0.717, 1.165) is 18.7 Å². The molecule has 180 valence electrons. The number of hydrogen-bond donors (Lipinski definition) is 0. The van der Waals surface area contributed by atoms with E-state index in [1.165, 1.54) is 47.4 Å². The quantitative estimate of drug-likeness (QED) is 0.217. The Hall–Kier alpha value is -2.33. The Labute approximate surface area is 214 Å². The van der Waals surface area contributed by atoms with Crippen LogP contribution in [0.2, 0.25) is 0 Å². The molecule has 3 atom stereocenters. The predicted octanol–water partition coefficient (Wildman–Crippen LogP) is 9.44. The van der Waals surface area contributed by atoms with Crippen LogP contribution in [0.5, 0.6) is 0 Å². The highest BCUT2D eigenvalue weighted by Gasteiger charge is 2.21. The van der Waals surface area contributed by atoms with Crippen LogP contribution in [0.25, 0.3) is 0 Å². The SMILES string of the molecule is C=C/N=C\CC(C)P(Cc1ccc(CP(C2=CCCC=C2)c2ccccc2)cc1)C1=CCCC=C1. The lowest BCUT2D eigenvalue weighted by Crippen LogP contribution is -2.06. The van der Waals surface area contributed by atoms with Crippen LogP contribution in [-0.4, -0.2) is 11.9 Å². The molecule has 0 radical (unpaired) electrons. The number of hydrogen-bond acceptors (Lipinski definition) is 1. The number of rotatable bonds is 11. The number of allylic oxidation sites excluding steroid dienone is 8. The molecule has 2 aliphatic carbocycles. The monoisotopic (exact) mass is 497 g/mol. The van der Waals surface area contributed by atoms with Crippen molar-refractivity contribution >= 4 is 27.4 Å². The maximum absolute atomic E-state index is 4.25. The minimum absolute atomic E-state index is 0.271. The summed E-state index contributed by atoms with van der Waals surface area (Å²) in [5, 5.41) is 4.55. The second kappa shape index (κ2) is 13.7. The molecule has 1 nitrogen and oxygen atoms in total. The van der Waals surface area contributed by atoms with Crippen LogP contribution in [0, 0.1) is 0 Å². The molecule has 0 fully saturated rings.